The van der Waals surface area contributed by atoms with Crippen LogP contribution >= 0.6 is 0 Å². The van der Waals surface area contributed by atoms with Crippen LogP contribution in [0.1, 0.15) is 48.9 Å². The van der Waals surface area contributed by atoms with E-state index in [0.29, 0.717) is 11.8 Å². The maximum absolute atomic E-state index is 4.51. The molecule has 2 aromatic rings. The van der Waals surface area contributed by atoms with Crippen LogP contribution in [-0.2, 0) is 0 Å². The number of rotatable bonds is 6. The van der Waals surface area contributed by atoms with Crippen LogP contribution in [0.5, 0.6) is 0 Å². The fourth-order valence-corrected chi connectivity index (χ4v) is 2.47. The highest BCUT2D eigenvalue weighted by Crippen LogP contribution is 2.25. The first-order valence-corrected chi connectivity index (χ1v) is 7.41. The highest BCUT2D eigenvalue weighted by Gasteiger charge is 2.14. The van der Waals surface area contributed by atoms with Crippen molar-refractivity contribution in [1.82, 2.24) is 10.3 Å². The van der Waals surface area contributed by atoms with Gasteiger partial charge in [-0.05, 0) is 42.6 Å². The summed E-state index contributed by atoms with van der Waals surface area (Å²) < 4.78 is 0. The Morgan fingerprint density at radius 2 is 1.75 bits per heavy atom. The molecule has 0 saturated heterocycles. The molecule has 0 fully saturated rings. The normalized spacial score (nSPS) is 13.9. The van der Waals surface area contributed by atoms with Gasteiger partial charge in [0.15, 0.2) is 0 Å². The molecular weight excluding hydrogens is 244 g/mol. The Hall–Kier alpha value is -1.67. The van der Waals surface area contributed by atoms with E-state index in [0.717, 1.165) is 12.2 Å². The molecule has 0 bridgehead atoms. The Kier molecular flexibility index (Phi) is 5.31. The van der Waals surface area contributed by atoms with Crippen LogP contribution in [0.2, 0.25) is 0 Å². The average Bonchev–Trinajstić information content (AvgIpc) is 2.53. The molecule has 2 nitrogen and oxygen atoms in total. The number of aromatic nitrogens is 1. The zero-order chi connectivity index (χ0) is 14.4. The van der Waals surface area contributed by atoms with E-state index in [9.17, 15) is 0 Å². The largest absolute Gasteiger partial charge is 0.319 e. The lowest BCUT2D eigenvalue weighted by atomic mass is 9.91. The molecule has 0 aliphatic heterocycles. The van der Waals surface area contributed by atoms with Gasteiger partial charge >= 0.3 is 0 Å². The van der Waals surface area contributed by atoms with Crippen molar-refractivity contribution in [3.8, 4) is 0 Å². The molecule has 1 N–H and O–H groups in total. The van der Waals surface area contributed by atoms with Crippen LogP contribution < -0.4 is 5.32 Å². The van der Waals surface area contributed by atoms with Crippen molar-refractivity contribution in [2.24, 2.45) is 0 Å². The van der Waals surface area contributed by atoms with Crippen molar-refractivity contribution in [1.29, 1.82) is 0 Å². The monoisotopic (exact) mass is 268 g/mol. The van der Waals surface area contributed by atoms with Crippen molar-refractivity contribution in [2.75, 3.05) is 13.6 Å². The number of likely N-dealkylation sites (N-methyl/N-ethyl adjacent to an activating group) is 1. The summed E-state index contributed by atoms with van der Waals surface area (Å²) in [4.78, 5) is 4.51. The predicted octanol–water partition coefficient (Wildman–Crippen LogP) is 3.95. The second-order valence-electron chi connectivity index (χ2n) is 5.34. The second-order valence-corrected chi connectivity index (χ2v) is 5.34. The van der Waals surface area contributed by atoms with Crippen LogP contribution in [0.4, 0.5) is 0 Å². The summed E-state index contributed by atoms with van der Waals surface area (Å²) in [5.41, 5.74) is 3.86. The van der Waals surface area contributed by atoms with Crippen molar-refractivity contribution >= 4 is 0 Å². The Labute approximate surface area is 122 Å². The zero-order valence-corrected chi connectivity index (χ0v) is 12.6. The van der Waals surface area contributed by atoms with Gasteiger partial charge in [0.1, 0.15) is 0 Å². The molecule has 2 rings (SSSR count). The van der Waals surface area contributed by atoms with E-state index < -0.39 is 0 Å². The number of hydrogen-bond donors (Lipinski definition) is 1. The Morgan fingerprint density at radius 1 is 1.05 bits per heavy atom. The molecule has 0 amide bonds. The van der Waals surface area contributed by atoms with Crippen molar-refractivity contribution in [3.63, 3.8) is 0 Å². The van der Waals surface area contributed by atoms with Gasteiger partial charge in [-0.25, -0.2) is 0 Å². The lowest BCUT2D eigenvalue weighted by molar-refractivity contribution is 0.689. The minimum Gasteiger partial charge on any atom is -0.319 e. The van der Waals surface area contributed by atoms with Gasteiger partial charge in [-0.2, -0.15) is 0 Å². The summed E-state index contributed by atoms with van der Waals surface area (Å²) in [5.74, 6) is 0.939. The maximum Gasteiger partial charge on any atom is 0.0491 e. The van der Waals surface area contributed by atoms with Gasteiger partial charge < -0.3 is 5.32 Å². The molecule has 0 radical (unpaired) electrons. The van der Waals surface area contributed by atoms with Gasteiger partial charge in [-0.1, -0.05) is 44.2 Å². The maximum atomic E-state index is 4.51. The quantitative estimate of drug-likeness (QED) is 0.858. The summed E-state index contributed by atoms with van der Waals surface area (Å²) in [7, 11) is 1.99. The molecule has 0 saturated carbocycles. The summed E-state index contributed by atoms with van der Waals surface area (Å²) >= 11 is 0. The van der Waals surface area contributed by atoms with Crippen molar-refractivity contribution in [3.05, 3.63) is 65.5 Å². The van der Waals surface area contributed by atoms with E-state index in [2.05, 4.69) is 60.5 Å². The number of hydrogen-bond acceptors (Lipinski definition) is 2. The van der Waals surface area contributed by atoms with Crippen molar-refractivity contribution in [2.45, 2.75) is 32.1 Å². The highest BCUT2D eigenvalue weighted by atomic mass is 14.8. The molecule has 1 aromatic heterocycles. The lowest BCUT2D eigenvalue weighted by Crippen LogP contribution is -2.19. The molecule has 2 unspecified atom stereocenters. The molecule has 0 aliphatic rings. The first-order valence-electron chi connectivity index (χ1n) is 7.41. The summed E-state index contributed by atoms with van der Waals surface area (Å²) in [6, 6.07) is 15.1. The number of nitrogens with zero attached hydrogens (tertiary/aromatic N) is 1. The standard InChI is InChI=1S/C18H24N2/c1-4-14(2)15-8-10-16(11-9-15)17(13-19-3)18-7-5-6-12-20-18/h5-12,14,17,19H,4,13H2,1-3H3. The van der Waals surface area contributed by atoms with E-state index in [-0.39, 0.29) is 0 Å². The predicted molar refractivity (Wildman–Crippen MR) is 85.2 cm³/mol. The third kappa shape index (κ3) is 3.45. The molecule has 1 aromatic carbocycles. The number of nitrogens with one attached hydrogen (secondary N) is 1. The van der Waals surface area contributed by atoms with Crippen LogP contribution in [-0.4, -0.2) is 18.6 Å². The van der Waals surface area contributed by atoms with Gasteiger partial charge in [-0.15, -0.1) is 0 Å². The third-order valence-electron chi connectivity index (χ3n) is 3.97. The van der Waals surface area contributed by atoms with E-state index in [1.54, 1.807) is 0 Å². The van der Waals surface area contributed by atoms with Gasteiger partial charge in [0, 0.05) is 24.4 Å². The topological polar surface area (TPSA) is 24.9 Å². The average molecular weight is 268 g/mol. The highest BCUT2D eigenvalue weighted by molar-refractivity contribution is 5.32. The summed E-state index contributed by atoms with van der Waals surface area (Å²) in [6.45, 7) is 5.41. The number of pyridine rings is 1. The fraction of sp³-hybridized carbons (Fsp3) is 0.389. The summed E-state index contributed by atoms with van der Waals surface area (Å²) in [5, 5.41) is 3.27. The SMILES string of the molecule is CCC(C)c1ccc(C(CNC)c2ccccn2)cc1. The smallest absolute Gasteiger partial charge is 0.0491 e. The Balaban J connectivity index is 2.26. The van der Waals surface area contributed by atoms with Crippen LogP contribution in [0.25, 0.3) is 0 Å². The number of benzene rings is 1. The molecule has 2 atom stereocenters. The first-order chi connectivity index (χ1) is 9.76. The lowest BCUT2D eigenvalue weighted by Gasteiger charge is -2.18. The van der Waals surface area contributed by atoms with E-state index in [1.165, 1.54) is 17.5 Å². The van der Waals surface area contributed by atoms with Gasteiger partial charge in [0.25, 0.3) is 0 Å². The van der Waals surface area contributed by atoms with Crippen LogP contribution in [0.3, 0.4) is 0 Å². The van der Waals surface area contributed by atoms with Gasteiger partial charge in [0.2, 0.25) is 0 Å². The van der Waals surface area contributed by atoms with Gasteiger partial charge in [0.05, 0.1) is 0 Å². The molecule has 0 spiro atoms. The molecule has 1 heterocycles. The second kappa shape index (κ2) is 7.20. The van der Waals surface area contributed by atoms with Crippen LogP contribution in [0, 0.1) is 0 Å². The van der Waals surface area contributed by atoms with Crippen molar-refractivity contribution < 1.29 is 0 Å². The molecular formula is C18H24N2. The molecule has 2 heteroatoms. The Morgan fingerprint density at radius 3 is 2.30 bits per heavy atom. The molecule has 0 aliphatic carbocycles. The molecule has 106 valence electrons. The first kappa shape index (κ1) is 14.7. The van der Waals surface area contributed by atoms with Crippen LogP contribution in [0.15, 0.2) is 48.7 Å². The van der Waals surface area contributed by atoms with E-state index in [4.69, 9.17) is 0 Å². The Bertz CT molecular complexity index is 505. The summed E-state index contributed by atoms with van der Waals surface area (Å²) in [6.07, 6.45) is 3.05. The minimum absolute atomic E-state index is 0.312. The van der Waals surface area contributed by atoms with Gasteiger partial charge in [-0.3, -0.25) is 4.98 Å². The fourth-order valence-electron chi connectivity index (χ4n) is 2.47. The minimum atomic E-state index is 0.312. The molecule has 20 heavy (non-hydrogen) atoms. The third-order valence-corrected chi connectivity index (χ3v) is 3.97. The zero-order valence-electron chi connectivity index (χ0n) is 12.6. The van der Waals surface area contributed by atoms with E-state index >= 15 is 0 Å². The van der Waals surface area contributed by atoms with E-state index in [1.807, 2.05) is 19.3 Å².